The van der Waals surface area contributed by atoms with Crippen LogP contribution in [-0.4, -0.2) is 43.0 Å². The topological polar surface area (TPSA) is 129 Å². The van der Waals surface area contributed by atoms with Crippen molar-refractivity contribution in [2.45, 2.75) is 62.9 Å². The van der Waals surface area contributed by atoms with E-state index in [1.165, 1.54) is 31.8 Å². The number of carboxylic acid groups (broad SMARTS) is 1. The number of carbonyl (C=O) groups is 3. The number of carbonyl (C=O) groups excluding carboxylic acids is 2. The van der Waals surface area contributed by atoms with E-state index in [4.69, 9.17) is 10.1 Å². The third-order valence-corrected chi connectivity index (χ3v) is 9.65. The molecule has 3 unspecified atom stereocenters. The first-order valence-corrected chi connectivity index (χ1v) is 15.2. The van der Waals surface area contributed by atoms with E-state index in [1.54, 1.807) is 24.3 Å². The van der Waals surface area contributed by atoms with Gasteiger partial charge in [-0.05, 0) is 98.0 Å². The maximum Gasteiger partial charge on any atom is 0.328 e. The smallest absolute Gasteiger partial charge is 0.328 e. The van der Waals surface area contributed by atoms with Gasteiger partial charge < -0.3 is 25.3 Å². The van der Waals surface area contributed by atoms with Crippen molar-refractivity contribution < 1.29 is 19.5 Å². The van der Waals surface area contributed by atoms with Gasteiger partial charge in [-0.2, -0.15) is 0 Å². The number of nitrogens with one attached hydrogen (secondary N) is 3. The Labute approximate surface area is 249 Å². The summed E-state index contributed by atoms with van der Waals surface area (Å²) >= 11 is 0. The average Bonchev–Trinajstić information content (AvgIpc) is 3.85. The zero-order chi connectivity index (χ0) is 29.6. The lowest BCUT2D eigenvalue weighted by Crippen LogP contribution is -2.55. The van der Waals surface area contributed by atoms with E-state index in [-0.39, 0.29) is 11.8 Å². The van der Waals surface area contributed by atoms with Crippen LogP contribution in [0.1, 0.15) is 73.3 Å². The van der Waals surface area contributed by atoms with E-state index >= 15 is 0 Å². The SMILES string of the molecule is O=C(O)/C=C/c1ccc(NC(=O)C2(NC(=O)c3ccc4c(c3)nc(-c3ccc[nH]3)n4C3CC4CCC3C4)CCCC2)cc1. The summed E-state index contributed by atoms with van der Waals surface area (Å²) in [6.07, 6.45) is 12.3. The summed E-state index contributed by atoms with van der Waals surface area (Å²) in [6.45, 7) is 0. The number of carboxylic acids is 1. The number of hydrogen-bond acceptors (Lipinski definition) is 4. The Bertz CT molecular complexity index is 1710. The van der Waals surface area contributed by atoms with E-state index in [0.717, 1.165) is 47.4 Å². The molecule has 0 aliphatic heterocycles. The highest BCUT2D eigenvalue weighted by molar-refractivity contribution is 6.05. The van der Waals surface area contributed by atoms with Gasteiger partial charge in [-0.3, -0.25) is 9.59 Å². The molecule has 0 saturated heterocycles. The standard InChI is InChI=1S/C34H35N5O4/c40-30(41)14-8-21-6-11-25(12-7-21)36-33(43)34(15-1-2-16-34)38-32(42)24-10-13-28-27(20-24)37-31(26-4-3-17-35-26)39(28)29-19-22-5-9-23(29)18-22/h3-4,6-8,10-14,17,20,22-23,29,35H,1-2,5,9,15-16,18-19H2,(H,36,43)(H,38,42)(H,40,41)/b14-8+. The normalized spacial score (nSPS) is 22.4. The minimum absolute atomic E-state index is 0.247. The molecule has 9 nitrogen and oxygen atoms in total. The minimum atomic E-state index is -1.02. The summed E-state index contributed by atoms with van der Waals surface area (Å²) in [5.41, 5.74) is 3.56. The first-order valence-electron chi connectivity index (χ1n) is 15.2. The Morgan fingerprint density at radius 2 is 1.84 bits per heavy atom. The van der Waals surface area contributed by atoms with Crippen LogP contribution in [0.2, 0.25) is 0 Å². The van der Waals surface area contributed by atoms with Crippen LogP contribution in [0, 0.1) is 11.8 Å². The van der Waals surface area contributed by atoms with Gasteiger partial charge >= 0.3 is 5.97 Å². The molecule has 4 N–H and O–H groups in total. The number of hydrogen-bond donors (Lipinski definition) is 4. The molecular formula is C34H35N5O4. The molecule has 9 heteroatoms. The summed E-state index contributed by atoms with van der Waals surface area (Å²) in [4.78, 5) is 46.4. The number of amides is 2. The highest BCUT2D eigenvalue weighted by atomic mass is 16.4. The van der Waals surface area contributed by atoms with Crippen molar-refractivity contribution in [3.63, 3.8) is 0 Å². The Morgan fingerprint density at radius 3 is 2.51 bits per heavy atom. The van der Waals surface area contributed by atoms with Crippen molar-refractivity contribution in [2.24, 2.45) is 11.8 Å². The van der Waals surface area contributed by atoms with Crippen LogP contribution in [0.4, 0.5) is 5.69 Å². The van der Waals surface area contributed by atoms with E-state index in [0.29, 0.717) is 41.6 Å². The predicted octanol–water partition coefficient (Wildman–Crippen LogP) is 6.17. The molecule has 220 valence electrons. The van der Waals surface area contributed by atoms with Gasteiger partial charge in [-0.25, -0.2) is 9.78 Å². The zero-order valence-electron chi connectivity index (χ0n) is 23.9. The summed E-state index contributed by atoms with van der Waals surface area (Å²) in [7, 11) is 0. The van der Waals surface area contributed by atoms with Crippen molar-refractivity contribution in [1.29, 1.82) is 0 Å². The van der Waals surface area contributed by atoms with E-state index in [9.17, 15) is 14.4 Å². The van der Waals surface area contributed by atoms with Crippen LogP contribution >= 0.6 is 0 Å². The molecule has 0 spiro atoms. The van der Waals surface area contributed by atoms with Crippen LogP contribution < -0.4 is 10.6 Å². The van der Waals surface area contributed by atoms with Crippen LogP contribution in [0.25, 0.3) is 28.6 Å². The first kappa shape index (κ1) is 27.2. The maximum absolute atomic E-state index is 13.7. The molecule has 3 atom stereocenters. The summed E-state index contributed by atoms with van der Waals surface area (Å²) in [6, 6.07) is 17.1. The number of imidazole rings is 1. The molecule has 2 heterocycles. The second-order valence-electron chi connectivity index (χ2n) is 12.3. The summed E-state index contributed by atoms with van der Waals surface area (Å²) in [5.74, 6) is 0.801. The number of benzene rings is 2. The fourth-order valence-corrected chi connectivity index (χ4v) is 7.54. The largest absolute Gasteiger partial charge is 0.478 e. The summed E-state index contributed by atoms with van der Waals surface area (Å²) in [5, 5.41) is 14.9. The molecule has 43 heavy (non-hydrogen) atoms. The fourth-order valence-electron chi connectivity index (χ4n) is 7.54. The Morgan fingerprint density at radius 1 is 1.02 bits per heavy atom. The van der Waals surface area contributed by atoms with Crippen LogP contribution in [0.15, 0.2) is 66.9 Å². The second kappa shape index (κ2) is 10.9. The van der Waals surface area contributed by atoms with Gasteiger partial charge in [0.1, 0.15) is 5.54 Å². The maximum atomic E-state index is 13.7. The van der Waals surface area contributed by atoms with Crippen molar-refractivity contribution in [3.8, 4) is 11.5 Å². The molecule has 3 aliphatic rings. The molecule has 7 rings (SSSR count). The second-order valence-corrected chi connectivity index (χ2v) is 12.3. The van der Waals surface area contributed by atoms with E-state index in [2.05, 4.69) is 20.2 Å². The van der Waals surface area contributed by atoms with Crippen molar-refractivity contribution in [1.82, 2.24) is 19.9 Å². The van der Waals surface area contributed by atoms with Crippen LogP contribution in [0.5, 0.6) is 0 Å². The quantitative estimate of drug-likeness (QED) is 0.186. The molecule has 3 saturated carbocycles. The lowest BCUT2D eigenvalue weighted by atomic mass is 9.94. The molecular weight excluding hydrogens is 542 g/mol. The number of aromatic amines is 1. The third-order valence-electron chi connectivity index (χ3n) is 9.65. The van der Waals surface area contributed by atoms with Gasteiger partial charge in [0.15, 0.2) is 5.82 Å². The Hall–Kier alpha value is -4.66. The molecule has 2 bridgehead atoms. The van der Waals surface area contributed by atoms with Gasteiger partial charge in [0.2, 0.25) is 5.91 Å². The molecule has 0 radical (unpaired) electrons. The van der Waals surface area contributed by atoms with E-state index in [1.807, 2.05) is 36.5 Å². The number of rotatable bonds is 8. The summed E-state index contributed by atoms with van der Waals surface area (Å²) < 4.78 is 2.39. The molecule has 3 fully saturated rings. The number of aliphatic carboxylic acids is 1. The number of fused-ring (bicyclic) bond motifs is 3. The fraction of sp³-hybridized carbons (Fsp3) is 0.353. The predicted molar refractivity (Wildman–Crippen MR) is 164 cm³/mol. The highest BCUT2D eigenvalue weighted by Crippen LogP contribution is 2.52. The van der Waals surface area contributed by atoms with Crippen molar-refractivity contribution in [2.75, 3.05) is 5.32 Å². The third kappa shape index (κ3) is 5.13. The van der Waals surface area contributed by atoms with Gasteiger partial charge in [0.25, 0.3) is 5.91 Å². The average molecular weight is 578 g/mol. The molecule has 3 aliphatic carbocycles. The zero-order valence-corrected chi connectivity index (χ0v) is 23.9. The lowest BCUT2D eigenvalue weighted by Gasteiger charge is -2.29. The molecule has 4 aromatic rings. The molecule has 2 amide bonds. The first-order chi connectivity index (χ1) is 20.9. The lowest BCUT2D eigenvalue weighted by molar-refractivity contribution is -0.131. The van der Waals surface area contributed by atoms with E-state index < -0.39 is 11.5 Å². The Balaban J connectivity index is 1.13. The number of anilines is 1. The molecule has 2 aromatic heterocycles. The number of H-pyrrole nitrogens is 1. The minimum Gasteiger partial charge on any atom is -0.478 e. The number of nitrogens with zero attached hydrogens (tertiary/aromatic N) is 2. The van der Waals surface area contributed by atoms with Gasteiger partial charge in [-0.1, -0.05) is 31.4 Å². The van der Waals surface area contributed by atoms with Crippen LogP contribution in [-0.2, 0) is 9.59 Å². The number of aromatic nitrogens is 3. The Kier molecular flexibility index (Phi) is 6.88. The van der Waals surface area contributed by atoms with Crippen molar-refractivity contribution >= 4 is 40.6 Å². The highest BCUT2D eigenvalue weighted by Gasteiger charge is 2.44. The van der Waals surface area contributed by atoms with Gasteiger partial charge in [-0.15, -0.1) is 0 Å². The van der Waals surface area contributed by atoms with Gasteiger partial charge in [0, 0.05) is 29.6 Å². The monoisotopic (exact) mass is 577 g/mol. The molecule has 2 aromatic carbocycles. The van der Waals surface area contributed by atoms with Crippen molar-refractivity contribution in [3.05, 3.63) is 78.0 Å². The van der Waals surface area contributed by atoms with Crippen LogP contribution in [0.3, 0.4) is 0 Å². The van der Waals surface area contributed by atoms with Gasteiger partial charge in [0.05, 0.1) is 16.7 Å².